The van der Waals surface area contributed by atoms with Crippen LogP contribution in [0.3, 0.4) is 0 Å². The molecule has 2 heterocycles. The van der Waals surface area contributed by atoms with Gasteiger partial charge in [-0.1, -0.05) is 12.1 Å². The van der Waals surface area contributed by atoms with E-state index in [2.05, 4.69) is 10.6 Å². The molecule has 0 saturated heterocycles. The third-order valence-corrected chi connectivity index (χ3v) is 7.86. The first-order chi connectivity index (χ1) is 19.6. The second kappa shape index (κ2) is 12.3. The zero-order chi connectivity index (χ0) is 29.0. The third kappa shape index (κ3) is 7.61. The van der Waals surface area contributed by atoms with Crippen LogP contribution in [0.4, 0.5) is 10.5 Å². The molecular formula is C32H37N3O5S. The number of aromatic nitrogens is 1. The van der Waals surface area contributed by atoms with Gasteiger partial charge < -0.3 is 29.4 Å². The van der Waals surface area contributed by atoms with Crippen molar-refractivity contribution in [3.63, 3.8) is 0 Å². The molecule has 0 spiro atoms. The van der Waals surface area contributed by atoms with Crippen LogP contribution in [0.2, 0.25) is 0 Å². The Hall–Kier alpha value is -3.98. The summed E-state index contributed by atoms with van der Waals surface area (Å²) in [7, 11) is 1.90. The van der Waals surface area contributed by atoms with Gasteiger partial charge in [0, 0.05) is 18.8 Å². The predicted octanol–water partition coefficient (Wildman–Crippen LogP) is 7.29. The molecule has 2 aromatic heterocycles. The standard InChI is InChI=1S/C32H37N3O5S/c1-32(2,3)40-31(37)34-22-8-10-25(11-9-22)39-26-14-12-24(13-15-26)38-20-21-6-5-7-23(18-21)33-30(36)28-19-29-27(35(28)4)16-17-41-29/h5-7,12-19,22,25H,8-11,20H2,1-4H3,(H,33,36)(H,34,37)/t22-,25-. The van der Waals surface area contributed by atoms with Crippen molar-refractivity contribution < 1.29 is 23.8 Å². The van der Waals surface area contributed by atoms with Gasteiger partial charge in [0.2, 0.25) is 0 Å². The Labute approximate surface area is 244 Å². The number of carbonyl (C=O) groups is 2. The van der Waals surface area contributed by atoms with Crippen LogP contribution in [0, 0.1) is 0 Å². The van der Waals surface area contributed by atoms with E-state index < -0.39 is 5.60 Å². The monoisotopic (exact) mass is 575 g/mol. The number of hydrogen-bond acceptors (Lipinski definition) is 6. The van der Waals surface area contributed by atoms with E-state index in [-0.39, 0.29) is 24.1 Å². The normalized spacial score (nSPS) is 17.2. The van der Waals surface area contributed by atoms with E-state index in [1.807, 2.05) is 98.4 Å². The van der Waals surface area contributed by atoms with Crippen LogP contribution in [-0.2, 0) is 18.4 Å². The van der Waals surface area contributed by atoms with Gasteiger partial charge in [-0.25, -0.2) is 4.79 Å². The zero-order valence-electron chi connectivity index (χ0n) is 23.9. The second-order valence-electron chi connectivity index (χ2n) is 11.4. The first-order valence-electron chi connectivity index (χ1n) is 14.0. The Morgan fingerprint density at radius 2 is 1.71 bits per heavy atom. The molecule has 9 heteroatoms. The number of thiophene rings is 1. The van der Waals surface area contributed by atoms with Crippen molar-refractivity contribution in [2.45, 2.75) is 70.8 Å². The smallest absolute Gasteiger partial charge is 0.407 e. The number of rotatable bonds is 8. The van der Waals surface area contributed by atoms with Gasteiger partial charge in [-0.2, -0.15) is 0 Å². The molecule has 0 bridgehead atoms. The molecule has 0 aliphatic heterocycles. The fourth-order valence-corrected chi connectivity index (χ4v) is 5.82. The maximum absolute atomic E-state index is 12.9. The van der Waals surface area contributed by atoms with Crippen LogP contribution in [0.1, 0.15) is 62.5 Å². The van der Waals surface area contributed by atoms with Gasteiger partial charge in [0.05, 0.1) is 16.3 Å². The van der Waals surface area contributed by atoms with E-state index in [4.69, 9.17) is 14.2 Å². The van der Waals surface area contributed by atoms with E-state index in [1.54, 1.807) is 11.3 Å². The first-order valence-corrected chi connectivity index (χ1v) is 14.8. The van der Waals surface area contributed by atoms with Crippen molar-refractivity contribution in [2.24, 2.45) is 7.05 Å². The summed E-state index contributed by atoms with van der Waals surface area (Å²) in [5.41, 5.74) is 2.86. The van der Waals surface area contributed by atoms with Crippen molar-refractivity contribution in [2.75, 3.05) is 5.32 Å². The quantitative estimate of drug-likeness (QED) is 0.230. The minimum atomic E-state index is -0.498. The first kappa shape index (κ1) is 28.5. The van der Waals surface area contributed by atoms with Crippen molar-refractivity contribution in [3.05, 3.63) is 77.3 Å². The number of ether oxygens (including phenoxy) is 3. The van der Waals surface area contributed by atoms with Gasteiger partial charge in [-0.05, 0) is 106 Å². The van der Waals surface area contributed by atoms with Gasteiger partial charge >= 0.3 is 6.09 Å². The van der Waals surface area contributed by atoms with E-state index in [9.17, 15) is 9.59 Å². The van der Waals surface area contributed by atoms with E-state index in [1.165, 1.54) is 0 Å². The summed E-state index contributed by atoms with van der Waals surface area (Å²) >= 11 is 1.62. The molecular weight excluding hydrogens is 538 g/mol. The van der Waals surface area contributed by atoms with Crippen molar-refractivity contribution in [1.82, 2.24) is 9.88 Å². The molecule has 5 rings (SSSR count). The fraction of sp³-hybridized carbons (Fsp3) is 0.375. The largest absolute Gasteiger partial charge is 0.490 e. The zero-order valence-corrected chi connectivity index (χ0v) is 24.8. The van der Waals surface area contributed by atoms with Gasteiger partial charge in [-0.3, -0.25) is 4.79 Å². The maximum atomic E-state index is 12.9. The molecule has 41 heavy (non-hydrogen) atoms. The fourth-order valence-electron chi connectivity index (χ4n) is 4.97. The molecule has 0 atom stereocenters. The molecule has 1 aliphatic carbocycles. The molecule has 1 fully saturated rings. The van der Waals surface area contributed by atoms with Gasteiger partial charge in [0.1, 0.15) is 29.4 Å². The molecule has 1 saturated carbocycles. The van der Waals surface area contributed by atoms with Crippen molar-refractivity contribution >= 4 is 39.2 Å². The van der Waals surface area contributed by atoms with E-state index in [0.29, 0.717) is 12.3 Å². The number of nitrogens with zero attached hydrogens (tertiary/aromatic N) is 1. The highest BCUT2D eigenvalue weighted by Gasteiger charge is 2.25. The summed E-state index contributed by atoms with van der Waals surface area (Å²) in [6.45, 7) is 5.96. The molecule has 2 N–H and O–H groups in total. The minimum Gasteiger partial charge on any atom is -0.490 e. The van der Waals surface area contributed by atoms with Crippen LogP contribution >= 0.6 is 11.3 Å². The molecule has 0 radical (unpaired) electrons. The molecule has 4 aromatic rings. The summed E-state index contributed by atoms with van der Waals surface area (Å²) in [6, 6.07) is 19.4. The number of benzene rings is 2. The highest BCUT2D eigenvalue weighted by molar-refractivity contribution is 7.17. The molecule has 2 amide bonds. The average molecular weight is 576 g/mol. The van der Waals surface area contributed by atoms with Crippen LogP contribution in [-0.4, -0.2) is 34.3 Å². The predicted molar refractivity (Wildman–Crippen MR) is 162 cm³/mol. The lowest BCUT2D eigenvalue weighted by Gasteiger charge is -2.30. The van der Waals surface area contributed by atoms with Gasteiger partial charge in [0.25, 0.3) is 5.91 Å². The molecule has 2 aromatic carbocycles. The van der Waals surface area contributed by atoms with Crippen molar-refractivity contribution in [3.8, 4) is 11.5 Å². The number of fused-ring (bicyclic) bond motifs is 1. The maximum Gasteiger partial charge on any atom is 0.407 e. The number of alkyl carbamates (subject to hydrolysis) is 1. The number of carbonyl (C=O) groups excluding carboxylic acids is 2. The van der Waals surface area contributed by atoms with Crippen LogP contribution in [0.5, 0.6) is 11.5 Å². The summed E-state index contributed by atoms with van der Waals surface area (Å²) < 4.78 is 20.5. The second-order valence-corrected chi connectivity index (χ2v) is 12.4. The Morgan fingerprint density at radius 1 is 0.976 bits per heavy atom. The van der Waals surface area contributed by atoms with Crippen LogP contribution < -0.4 is 20.1 Å². The summed E-state index contributed by atoms with van der Waals surface area (Å²) in [4.78, 5) is 24.9. The number of aryl methyl sites for hydroxylation is 1. The van der Waals surface area contributed by atoms with E-state index in [0.717, 1.165) is 58.6 Å². The lowest BCUT2D eigenvalue weighted by molar-refractivity contribution is 0.0470. The number of anilines is 1. The van der Waals surface area contributed by atoms with Crippen LogP contribution in [0.15, 0.2) is 66.0 Å². The number of amides is 2. The van der Waals surface area contributed by atoms with Gasteiger partial charge in [0.15, 0.2) is 0 Å². The molecule has 216 valence electrons. The minimum absolute atomic E-state index is 0.114. The summed E-state index contributed by atoms with van der Waals surface area (Å²) in [5.74, 6) is 1.39. The molecule has 0 unspecified atom stereocenters. The Kier molecular flexibility index (Phi) is 8.54. The summed E-state index contributed by atoms with van der Waals surface area (Å²) in [6.07, 6.45) is 3.20. The Morgan fingerprint density at radius 3 is 2.41 bits per heavy atom. The van der Waals surface area contributed by atoms with E-state index >= 15 is 0 Å². The van der Waals surface area contributed by atoms with Crippen LogP contribution in [0.25, 0.3) is 10.2 Å². The average Bonchev–Trinajstić information content (AvgIpc) is 3.51. The number of hydrogen-bond donors (Lipinski definition) is 2. The number of nitrogens with one attached hydrogen (secondary N) is 2. The lowest BCUT2D eigenvalue weighted by Crippen LogP contribution is -2.42. The molecule has 1 aliphatic rings. The topological polar surface area (TPSA) is 90.8 Å². The van der Waals surface area contributed by atoms with Crippen molar-refractivity contribution in [1.29, 1.82) is 0 Å². The summed E-state index contributed by atoms with van der Waals surface area (Å²) in [5, 5.41) is 7.99. The highest BCUT2D eigenvalue weighted by Crippen LogP contribution is 2.27. The molecule has 8 nitrogen and oxygen atoms in total. The SMILES string of the molecule is Cn1c(C(=O)Nc2cccc(COc3ccc(O[C@H]4CC[C@H](NC(=O)OC(C)(C)C)CC4)cc3)c2)cc2sccc21. The lowest BCUT2D eigenvalue weighted by atomic mass is 9.93. The third-order valence-electron chi connectivity index (χ3n) is 7.01. The Bertz CT molecular complexity index is 1490. The Balaban J connectivity index is 1.07. The van der Waals surface area contributed by atoms with Gasteiger partial charge in [-0.15, -0.1) is 11.3 Å². The highest BCUT2D eigenvalue weighted by atomic mass is 32.1.